The molecule has 1 aromatic carbocycles. The number of ether oxygens (including phenoxy) is 1. The lowest BCUT2D eigenvalue weighted by molar-refractivity contribution is 0.164. The Morgan fingerprint density at radius 1 is 1.21 bits per heavy atom. The van der Waals surface area contributed by atoms with E-state index in [1.54, 1.807) is 7.11 Å². The molecular formula is C22H33N5O2. The molecule has 1 aliphatic rings. The molecule has 2 aromatic rings. The van der Waals surface area contributed by atoms with E-state index in [2.05, 4.69) is 37.6 Å². The van der Waals surface area contributed by atoms with Gasteiger partial charge in [-0.15, -0.1) is 0 Å². The number of aliphatic imine (C=N–C) groups is 1. The van der Waals surface area contributed by atoms with Crippen LogP contribution in [0.1, 0.15) is 35.7 Å². The van der Waals surface area contributed by atoms with Crippen LogP contribution in [0.3, 0.4) is 0 Å². The molecule has 29 heavy (non-hydrogen) atoms. The molecule has 0 radical (unpaired) electrons. The second-order valence-electron chi connectivity index (χ2n) is 7.62. The van der Waals surface area contributed by atoms with E-state index in [4.69, 9.17) is 9.15 Å². The lowest BCUT2D eigenvalue weighted by Crippen LogP contribution is -2.42. The van der Waals surface area contributed by atoms with Gasteiger partial charge in [0, 0.05) is 20.1 Å². The maximum Gasteiger partial charge on any atom is 0.208 e. The highest BCUT2D eigenvalue weighted by atomic mass is 16.5. The van der Waals surface area contributed by atoms with Crippen molar-refractivity contribution < 1.29 is 9.15 Å². The summed E-state index contributed by atoms with van der Waals surface area (Å²) in [6, 6.07) is 8.07. The van der Waals surface area contributed by atoms with Gasteiger partial charge in [-0.1, -0.05) is 12.1 Å². The minimum absolute atomic E-state index is 0.652. The second kappa shape index (κ2) is 10.3. The largest absolute Gasteiger partial charge is 0.497 e. The van der Waals surface area contributed by atoms with Crippen molar-refractivity contribution in [2.24, 2.45) is 10.9 Å². The van der Waals surface area contributed by atoms with Gasteiger partial charge in [0.05, 0.1) is 19.3 Å². The number of piperidine rings is 1. The minimum Gasteiger partial charge on any atom is -0.497 e. The van der Waals surface area contributed by atoms with Crippen molar-refractivity contribution in [3.8, 4) is 5.75 Å². The Balaban J connectivity index is 1.37. The molecule has 3 rings (SSSR count). The van der Waals surface area contributed by atoms with Crippen LogP contribution in [0.4, 0.5) is 0 Å². The van der Waals surface area contributed by atoms with E-state index < -0.39 is 0 Å². The molecule has 0 spiro atoms. The first kappa shape index (κ1) is 21.2. The van der Waals surface area contributed by atoms with Crippen LogP contribution in [0.5, 0.6) is 5.75 Å². The summed E-state index contributed by atoms with van der Waals surface area (Å²) in [5.74, 6) is 4.12. The molecule has 0 aliphatic carbocycles. The number of benzene rings is 1. The summed E-state index contributed by atoms with van der Waals surface area (Å²) in [5.41, 5.74) is 2.19. The van der Waals surface area contributed by atoms with Crippen molar-refractivity contribution in [3.63, 3.8) is 0 Å². The average Bonchev–Trinajstić information content (AvgIpc) is 3.06. The maximum atomic E-state index is 5.72. The molecule has 158 valence electrons. The molecule has 0 saturated carbocycles. The molecule has 0 atom stereocenters. The number of aromatic nitrogens is 1. The lowest BCUT2D eigenvalue weighted by atomic mass is 9.97. The van der Waals surface area contributed by atoms with Crippen molar-refractivity contribution >= 4 is 5.96 Å². The van der Waals surface area contributed by atoms with Gasteiger partial charge in [0.1, 0.15) is 11.5 Å². The fourth-order valence-corrected chi connectivity index (χ4v) is 3.54. The highest BCUT2D eigenvalue weighted by Gasteiger charge is 2.21. The molecular weight excluding hydrogens is 366 g/mol. The van der Waals surface area contributed by atoms with Crippen LogP contribution < -0.4 is 15.4 Å². The van der Waals surface area contributed by atoms with E-state index in [0.29, 0.717) is 5.92 Å². The molecule has 0 unspecified atom stereocenters. The van der Waals surface area contributed by atoms with Gasteiger partial charge in [0.2, 0.25) is 5.89 Å². The Bertz CT molecular complexity index is 773. The van der Waals surface area contributed by atoms with Crippen LogP contribution in [-0.2, 0) is 13.1 Å². The number of rotatable bonds is 7. The third-order valence-corrected chi connectivity index (χ3v) is 5.54. The van der Waals surface area contributed by atoms with Crippen molar-refractivity contribution in [2.45, 2.75) is 39.8 Å². The fourth-order valence-electron chi connectivity index (χ4n) is 3.54. The summed E-state index contributed by atoms with van der Waals surface area (Å²) in [7, 11) is 3.49. The number of likely N-dealkylation sites (tertiary alicyclic amines) is 1. The molecule has 7 heteroatoms. The summed E-state index contributed by atoms with van der Waals surface area (Å²) in [6.07, 6.45) is 2.34. The first-order valence-electron chi connectivity index (χ1n) is 10.3. The third kappa shape index (κ3) is 6.22. The fraction of sp³-hybridized carbons (Fsp3) is 0.545. The third-order valence-electron chi connectivity index (χ3n) is 5.54. The first-order chi connectivity index (χ1) is 14.1. The van der Waals surface area contributed by atoms with Gasteiger partial charge in [0.25, 0.3) is 0 Å². The summed E-state index contributed by atoms with van der Waals surface area (Å²) in [6.45, 7) is 8.59. The van der Waals surface area contributed by atoms with Crippen LogP contribution in [0.25, 0.3) is 0 Å². The van der Waals surface area contributed by atoms with Gasteiger partial charge >= 0.3 is 0 Å². The summed E-state index contributed by atoms with van der Waals surface area (Å²) in [5, 5.41) is 6.85. The van der Waals surface area contributed by atoms with Crippen LogP contribution in [-0.4, -0.2) is 49.6 Å². The number of methoxy groups -OCH3 is 1. The maximum absolute atomic E-state index is 5.72. The van der Waals surface area contributed by atoms with Crippen molar-refractivity contribution in [1.29, 1.82) is 0 Å². The van der Waals surface area contributed by atoms with Gasteiger partial charge in [-0.3, -0.25) is 9.89 Å². The molecule has 1 aromatic heterocycles. The number of guanidine groups is 1. The van der Waals surface area contributed by atoms with Crippen molar-refractivity contribution in [2.75, 3.05) is 33.8 Å². The average molecular weight is 400 g/mol. The molecule has 0 amide bonds. The highest BCUT2D eigenvalue weighted by Crippen LogP contribution is 2.19. The Labute approximate surface area is 173 Å². The lowest BCUT2D eigenvalue weighted by Gasteiger charge is -2.31. The van der Waals surface area contributed by atoms with Crippen molar-refractivity contribution in [1.82, 2.24) is 20.5 Å². The Morgan fingerprint density at radius 3 is 2.52 bits per heavy atom. The van der Waals surface area contributed by atoms with Gasteiger partial charge in [-0.2, -0.15) is 0 Å². The van der Waals surface area contributed by atoms with Gasteiger partial charge < -0.3 is 19.8 Å². The molecule has 1 fully saturated rings. The number of nitrogens with zero attached hydrogens (tertiary/aromatic N) is 3. The number of hydrogen-bond acceptors (Lipinski definition) is 5. The predicted molar refractivity (Wildman–Crippen MR) is 115 cm³/mol. The van der Waals surface area contributed by atoms with E-state index in [-0.39, 0.29) is 0 Å². The quantitative estimate of drug-likeness (QED) is 0.551. The van der Waals surface area contributed by atoms with Crippen LogP contribution in [0.2, 0.25) is 0 Å². The van der Waals surface area contributed by atoms with Gasteiger partial charge in [-0.05, 0) is 63.4 Å². The monoisotopic (exact) mass is 399 g/mol. The molecule has 2 N–H and O–H groups in total. The van der Waals surface area contributed by atoms with E-state index >= 15 is 0 Å². The standard InChI is InChI=1S/C22H33N5O2/c1-16-17(2)29-21(26-16)15-27-11-9-19(10-12-27)14-25-22(23-3)24-13-18-5-7-20(28-4)8-6-18/h5-8,19H,9-15H2,1-4H3,(H2,23,24,25). The molecule has 1 saturated heterocycles. The van der Waals surface area contributed by atoms with Gasteiger partial charge in [0.15, 0.2) is 5.96 Å². The SMILES string of the molecule is CN=C(NCc1ccc(OC)cc1)NCC1CCN(Cc2nc(C)c(C)o2)CC1. The first-order valence-corrected chi connectivity index (χ1v) is 10.3. The topological polar surface area (TPSA) is 74.9 Å². The Morgan fingerprint density at radius 2 is 1.93 bits per heavy atom. The molecule has 7 nitrogen and oxygen atoms in total. The van der Waals surface area contributed by atoms with E-state index in [0.717, 1.165) is 61.8 Å². The number of aryl methyl sites for hydroxylation is 2. The zero-order chi connectivity index (χ0) is 20.6. The normalized spacial score (nSPS) is 16.1. The van der Waals surface area contributed by atoms with Crippen LogP contribution in [0.15, 0.2) is 33.7 Å². The number of oxazole rings is 1. The second-order valence-corrected chi connectivity index (χ2v) is 7.62. The minimum atomic E-state index is 0.652. The van der Waals surface area contributed by atoms with E-state index in [1.165, 1.54) is 18.4 Å². The molecule has 0 bridgehead atoms. The number of hydrogen-bond donors (Lipinski definition) is 2. The van der Waals surface area contributed by atoms with Crippen LogP contribution >= 0.6 is 0 Å². The smallest absolute Gasteiger partial charge is 0.208 e. The highest BCUT2D eigenvalue weighted by molar-refractivity contribution is 5.79. The van der Waals surface area contributed by atoms with Crippen LogP contribution in [0, 0.1) is 19.8 Å². The predicted octanol–water partition coefficient (Wildman–Crippen LogP) is 2.88. The van der Waals surface area contributed by atoms with Gasteiger partial charge in [-0.25, -0.2) is 4.98 Å². The summed E-state index contributed by atoms with van der Waals surface area (Å²) in [4.78, 5) is 11.3. The molecule has 2 heterocycles. The molecule has 1 aliphatic heterocycles. The van der Waals surface area contributed by atoms with E-state index in [1.807, 2.05) is 33.0 Å². The van der Waals surface area contributed by atoms with E-state index in [9.17, 15) is 0 Å². The van der Waals surface area contributed by atoms with Crippen molar-refractivity contribution in [3.05, 3.63) is 47.2 Å². The number of nitrogens with one attached hydrogen (secondary N) is 2. The Hall–Kier alpha value is -2.54. The summed E-state index contributed by atoms with van der Waals surface area (Å²) < 4.78 is 10.9. The zero-order valence-corrected chi connectivity index (χ0v) is 18.0. The Kier molecular flexibility index (Phi) is 7.52. The zero-order valence-electron chi connectivity index (χ0n) is 18.0. The summed E-state index contributed by atoms with van der Waals surface area (Å²) >= 11 is 0.